The molecular formula is C16H21N5O3S2. The molecule has 26 heavy (non-hydrogen) atoms. The monoisotopic (exact) mass is 395 g/mol. The largest absolute Gasteiger partial charge is 0.379 e. The molecule has 1 aromatic carbocycles. The average Bonchev–Trinajstić information content (AvgIpc) is 3.44. The number of benzene rings is 1. The normalized spacial score (nSPS) is 18.9. The van der Waals surface area contributed by atoms with E-state index in [2.05, 4.69) is 10.2 Å². The third-order valence-electron chi connectivity index (χ3n) is 4.51. The molecule has 1 aliphatic heterocycles. The van der Waals surface area contributed by atoms with Gasteiger partial charge in [0.2, 0.25) is 15.2 Å². The Balaban J connectivity index is 1.47. The fraction of sp³-hybridized carbons (Fsp3) is 0.500. The molecular weight excluding hydrogens is 374 g/mol. The quantitative estimate of drug-likeness (QED) is 0.579. The fourth-order valence-corrected chi connectivity index (χ4v) is 5.17. The van der Waals surface area contributed by atoms with Gasteiger partial charge >= 0.3 is 0 Å². The maximum Gasteiger partial charge on any atom is 0.243 e. The smallest absolute Gasteiger partial charge is 0.243 e. The van der Waals surface area contributed by atoms with Gasteiger partial charge in [0.25, 0.3) is 0 Å². The van der Waals surface area contributed by atoms with Crippen molar-refractivity contribution >= 4 is 21.8 Å². The van der Waals surface area contributed by atoms with Crippen molar-refractivity contribution in [1.29, 1.82) is 0 Å². The summed E-state index contributed by atoms with van der Waals surface area (Å²) >= 11 is 1.46. The van der Waals surface area contributed by atoms with Crippen LogP contribution in [0.25, 0.3) is 0 Å². The van der Waals surface area contributed by atoms with Gasteiger partial charge in [0.15, 0.2) is 5.82 Å². The van der Waals surface area contributed by atoms with Gasteiger partial charge in [-0.25, -0.2) is 13.1 Å². The van der Waals surface area contributed by atoms with Crippen LogP contribution in [-0.4, -0.2) is 53.9 Å². The lowest BCUT2D eigenvalue weighted by molar-refractivity contribution is 0.0730. The average molecular weight is 396 g/mol. The lowest BCUT2D eigenvalue weighted by atomic mass is 10.2. The first-order chi connectivity index (χ1) is 12.6. The zero-order valence-electron chi connectivity index (χ0n) is 14.2. The molecule has 2 aliphatic rings. The van der Waals surface area contributed by atoms with Gasteiger partial charge in [0.1, 0.15) is 0 Å². The highest BCUT2D eigenvalue weighted by Crippen LogP contribution is 2.39. The molecule has 8 nitrogen and oxygen atoms in total. The van der Waals surface area contributed by atoms with Crippen molar-refractivity contribution in [2.75, 3.05) is 32.1 Å². The summed E-state index contributed by atoms with van der Waals surface area (Å²) in [5.74, 6) is 7.90. The first-order valence-electron chi connectivity index (χ1n) is 8.56. The van der Waals surface area contributed by atoms with Gasteiger partial charge in [-0.15, -0.1) is 10.2 Å². The second kappa shape index (κ2) is 7.18. The van der Waals surface area contributed by atoms with Crippen molar-refractivity contribution in [1.82, 2.24) is 19.2 Å². The Morgan fingerprint density at radius 3 is 2.73 bits per heavy atom. The standard InChI is InChI=1S/C16H21N5O3S2/c17-21-15(13-4-5-13)18-19-16(21)25-11-12-2-1-3-14(10-12)26(22,23)20-6-8-24-9-7-20/h1-3,10,13H,4-9,11,17H2. The number of morpholine rings is 1. The summed E-state index contributed by atoms with van der Waals surface area (Å²) in [5.41, 5.74) is 0.903. The maximum absolute atomic E-state index is 12.8. The lowest BCUT2D eigenvalue weighted by Gasteiger charge is -2.26. The minimum absolute atomic E-state index is 0.311. The van der Waals surface area contributed by atoms with Crippen molar-refractivity contribution in [2.45, 2.75) is 34.6 Å². The summed E-state index contributed by atoms with van der Waals surface area (Å²) in [4.78, 5) is 0.311. The zero-order chi connectivity index (χ0) is 18.1. The van der Waals surface area contributed by atoms with Crippen LogP contribution in [0, 0.1) is 0 Å². The molecule has 2 heterocycles. The fourth-order valence-electron chi connectivity index (χ4n) is 2.89. The summed E-state index contributed by atoms with van der Waals surface area (Å²) < 4.78 is 33.8. The van der Waals surface area contributed by atoms with E-state index in [0.29, 0.717) is 48.0 Å². The molecule has 1 saturated carbocycles. The van der Waals surface area contributed by atoms with Crippen LogP contribution in [0.5, 0.6) is 0 Å². The van der Waals surface area contributed by atoms with E-state index in [9.17, 15) is 8.42 Å². The molecule has 0 amide bonds. The number of nitrogens with two attached hydrogens (primary N) is 1. The molecule has 2 N–H and O–H groups in total. The summed E-state index contributed by atoms with van der Waals surface area (Å²) in [6, 6.07) is 7.03. The minimum atomic E-state index is -3.49. The van der Waals surface area contributed by atoms with Gasteiger partial charge in [-0.1, -0.05) is 23.9 Å². The van der Waals surface area contributed by atoms with Crippen LogP contribution >= 0.6 is 11.8 Å². The van der Waals surface area contributed by atoms with Crippen molar-refractivity contribution in [3.8, 4) is 0 Å². The molecule has 140 valence electrons. The second-order valence-electron chi connectivity index (χ2n) is 6.44. The molecule has 0 radical (unpaired) electrons. The zero-order valence-corrected chi connectivity index (χ0v) is 15.9. The van der Waals surface area contributed by atoms with Gasteiger partial charge in [-0.05, 0) is 30.5 Å². The van der Waals surface area contributed by atoms with E-state index < -0.39 is 10.0 Å². The van der Waals surface area contributed by atoms with Gasteiger partial charge in [0, 0.05) is 24.8 Å². The number of aromatic nitrogens is 3. The molecule has 0 atom stereocenters. The van der Waals surface area contributed by atoms with Gasteiger partial charge in [-0.3, -0.25) is 0 Å². The Morgan fingerprint density at radius 1 is 1.23 bits per heavy atom. The minimum Gasteiger partial charge on any atom is -0.379 e. The van der Waals surface area contributed by atoms with Crippen LogP contribution < -0.4 is 5.84 Å². The van der Waals surface area contributed by atoms with E-state index in [4.69, 9.17) is 10.6 Å². The molecule has 1 saturated heterocycles. The van der Waals surface area contributed by atoms with Crippen LogP contribution in [0.1, 0.15) is 30.1 Å². The third kappa shape index (κ3) is 3.59. The van der Waals surface area contributed by atoms with Crippen molar-refractivity contribution in [2.24, 2.45) is 0 Å². The van der Waals surface area contributed by atoms with Crippen molar-refractivity contribution < 1.29 is 13.2 Å². The number of rotatable bonds is 6. The van der Waals surface area contributed by atoms with Gasteiger partial charge < -0.3 is 10.6 Å². The molecule has 2 fully saturated rings. The van der Waals surface area contributed by atoms with Crippen LogP contribution in [0.3, 0.4) is 0 Å². The molecule has 0 spiro atoms. The summed E-state index contributed by atoms with van der Waals surface area (Å²) in [7, 11) is -3.49. The second-order valence-corrected chi connectivity index (χ2v) is 9.32. The summed E-state index contributed by atoms with van der Waals surface area (Å²) in [6.07, 6.45) is 2.23. The Labute approximate surface area is 156 Å². The van der Waals surface area contributed by atoms with E-state index in [0.717, 1.165) is 24.2 Å². The van der Waals surface area contributed by atoms with E-state index in [1.807, 2.05) is 6.07 Å². The molecule has 10 heteroatoms. The lowest BCUT2D eigenvalue weighted by Crippen LogP contribution is -2.40. The number of hydrogen-bond donors (Lipinski definition) is 1. The Hall–Kier alpha value is -1.62. The topological polar surface area (TPSA) is 103 Å². The first kappa shape index (κ1) is 17.8. The number of nitrogen functional groups attached to an aromatic ring is 1. The number of nitrogens with zero attached hydrogens (tertiary/aromatic N) is 4. The van der Waals surface area contributed by atoms with E-state index >= 15 is 0 Å². The molecule has 4 rings (SSSR count). The van der Waals surface area contributed by atoms with Crippen LogP contribution in [0.2, 0.25) is 0 Å². The Morgan fingerprint density at radius 2 is 2.00 bits per heavy atom. The van der Waals surface area contributed by atoms with E-state index in [1.165, 1.54) is 16.1 Å². The molecule has 1 aliphatic carbocycles. The van der Waals surface area contributed by atoms with Crippen LogP contribution in [0.4, 0.5) is 0 Å². The van der Waals surface area contributed by atoms with Gasteiger partial charge in [0.05, 0.1) is 18.1 Å². The first-order valence-corrected chi connectivity index (χ1v) is 11.0. The third-order valence-corrected chi connectivity index (χ3v) is 7.42. The predicted octanol–water partition coefficient (Wildman–Crippen LogP) is 1.18. The Kier molecular flexibility index (Phi) is 4.91. The number of hydrogen-bond acceptors (Lipinski definition) is 7. The summed E-state index contributed by atoms with van der Waals surface area (Å²) in [5, 5.41) is 8.95. The van der Waals surface area contributed by atoms with Crippen LogP contribution in [0.15, 0.2) is 34.3 Å². The molecule has 0 unspecified atom stereocenters. The highest BCUT2D eigenvalue weighted by Gasteiger charge is 2.30. The number of ether oxygens (including phenoxy) is 1. The van der Waals surface area contributed by atoms with Crippen LogP contribution in [-0.2, 0) is 20.5 Å². The molecule has 2 aromatic rings. The molecule has 0 bridgehead atoms. The maximum atomic E-state index is 12.8. The number of thioether (sulfide) groups is 1. The predicted molar refractivity (Wildman–Crippen MR) is 97.7 cm³/mol. The highest BCUT2D eigenvalue weighted by atomic mass is 32.2. The number of sulfonamides is 1. The highest BCUT2D eigenvalue weighted by molar-refractivity contribution is 7.98. The summed E-state index contributed by atoms with van der Waals surface area (Å²) in [6.45, 7) is 1.65. The van der Waals surface area contributed by atoms with Crippen molar-refractivity contribution in [3.63, 3.8) is 0 Å². The SMILES string of the molecule is Nn1c(SCc2cccc(S(=O)(=O)N3CCOCC3)c2)nnc1C1CC1. The van der Waals surface area contributed by atoms with Crippen molar-refractivity contribution in [3.05, 3.63) is 35.7 Å². The van der Waals surface area contributed by atoms with E-state index in [1.54, 1.807) is 22.9 Å². The Bertz CT molecular complexity index is 889. The molecule has 1 aromatic heterocycles. The van der Waals surface area contributed by atoms with E-state index in [-0.39, 0.29) is 0 Å². The van der Waals surface area contributed by atoms with Gasteiger partial charge in [-0.2, -0.15) is 4.31 Å².